The van der Waals surface area contributed by atoms with Crippen molar-refractivity contribution in [3.8, 4) is 0 Å². The molecule has 0 aliphatic carbocycles. The van der Waals surface area contributed by atoms with Gasteiger partial charge in [-0.15, -0.1) is 0 Å². The predicted octanol–water partition coefficient (Wildman–Crippen LogP) is 2.41. The summed E-state index contributed by atoms with van der Waals surface area (Å²) in [5.41, 5.74) is 0. The molecule has 4 nitrogen and oxygen atoms in total. The van der Waals surface area contributed by atoms with E-state index < -0.39 is 10.0 Å². The van der Waals surface area contributed by atoms with Crippen LogP contribution in [0.2, 0.25) is 0 Å². The molecule has 20 heavy (non-hydrogen) atoms. The van der Waals surface area contributed by atoms with Gasteiger partial charge in [-0.2, -0.15) is 0 Å². The molecule has 1 aliphatic heterocycles. The molecule has 1 aliphatic rings. The topological polar surface area (TPSA) is 40.6 Å². The normalized spacial score (nSPS) is 18.6. The molecular weight excluding hydrogens is 340 g/mol. The second-order valence-corrected chi connectivity index (χ2v) is 8.45. The number of likely N-dealkylation sites (tertiary alicyclic amines) is 1. The lowest BCUT2D eigenvalue weighted by molar-refractivity contribution is 0.202. The predicted molar refractivity (Wildman–Crippen MR) is 84.2 cm³/mol. The lowest BCUT2D eigenvalue weighted by atomic mass is 9.97. The van der Waals surface area contributed by atoms with Crippen LogP contribution >= 0.6 is 15.9 Å². The number of rotatable bonds is 4. The largest absolute Gasteiger partial charge is 0.306 e. The summed E-state index contributed by atoms with van der Waals surface area (Å²) in [5, 5.41) is 0. The molecule has 0 amide bonds. The fourth-order valence-electron chi connectivity index (χ4n) is 2.51. The number of piperidine rings is 1. The summed E-state index contributed by atoms with van der Waals surface area (Å²) in [6.45, 7) is 2.70. The first-order valence-electron chi connectivity index (χ1n) is 6.80. The molecule has 0 spiro atoms. The minimum atomic E-state index is -3.38. The van der Waals surface area contributed by atoms with Crippen molar-refractivity contribution >= 4 is 26.0 Å². The van der Waals surface area contributed by atoms with Crippen molar-refractivity contribution in [3.63, 3.8) is 0 Å². The SMILES string of the molecule is CN1CCC(CN(C)S(=O)(=O)c2cccc(Br)c2)CC1. The van der Waals surface area contributed by atoms with Crippen molar-refractivity contribution in [1.82, 2.24) is 9.21 Å². The molecule has 1 saturated heterocycles. The van der Waals surface area contributed by atoms with Crippen LogP contribution in [0.5, 0.6) is 0 Å². The van der Waals surface area contributed by atoms with Crippen molar-refractivity contribution < 1.29 is 8.42 Å². The summed E-state index contributed by atoms with van der Waals surface area (Å²) in [6, 6.07) is 6.88. The minimum absolute atomic E-state index is 0.349. The Bertz CT molecular complexity index is 554. The molecule has 0 aromatic heterocycles. The van der Waals surface area contributed by atoms with E-state index in [-0.39, 0.29) is 0 Å². The first-order chi connectivity index (χ1) is 9.39. The quantitative estimate of drug-likeness (QED) is 0.827. The Balaban J connectivity index is 2.06. The Morgan fingerprint density at radius 2 is 2.00 bits per heavy atom. The van der Waals surface area contributed by atoms with E-state index in [1.54, 1.807) is 25.2 Å². The van der Waals surface area contributed by atoms with E-state index in [0.29, 0.717) is 17.4 Å². The first kappa shape index (κ1) is 15.9. The molecule has 2 rings (SSSR count). The Morgan fingerprint density at radius 1 is 1.35 bits per heavy atom. The van der Waals surface area contributed by atoms with Crippen LogP contribution < -0.4 is 0 Å². The molecule has 0 saturated carbocycles. The van der Waals surface area contributed by atoms with E-state index in [9.17, 15) is 8.42 Å². The maximum absolute atomic E-state index is 12.5. The van der Waals surface area contributed by atoms with Gasteiger partial charge in [-0.05, 0) is 57.1 Å². The highest BCUT2D eigenvalue weighted by molar-refractivity contribution is 9.10. The van der Waals surface area contributed by atoms with Crippen molar-refractivity contribution in [2.45, 2.75) is 17.7 Å². The van der Waals surface area contributed by atoms with Crippen molar-refractivity contribution in [2.75, 3.05) is 33.7 Å². The lowest BCUT2D eigenvalue weighted by Gasteiger charge is -2.31. The zero-order valence-corrected chi connectivity index (χ0v) is 14.3. The summed E-state index contributed by atoms with van der Waals surface area (Å²) >= 11 is 3.32. The monoisotopic (exact) mass is 360 g/mol. The molecule has 0 radical (unpaired) electrons. The van der Waals surface area contributed by atoms with Crippen LogP contribution in [-0.2, 0) is 10.0 Å². The highest BCUT2D eigenvalue weighted by atomic mass is 79.9. The third kappa shape index (κ3) is 3.81. The van der Waals surface area contributed by atoms with Gasteiger partial charge in [-0.1, -0.05) is 22.0 Å². The van der Waals surface area contributed by atoms with E-state index >= 15 is 0 Å². The number of halogens is 1. The molecular formula is C14H21BrN2O2S. The van der Waals surface area contributed by atoms with Crippen LogP contribution in [0.15, 0.2) is 33.6 Å². The van der Waals surface area contributed by atoms with E-state index in [1.165, 1.54) is 4.31 Å². The summed E-state index contributed by atoms with van der Waals surface area (Å²) < 4.78 is 27.3. The van der Waals surface area contributed by atoms with Crippen LogP contribution in [0, 0.1) is 5.92 Å². The smallest absolute Gasteiger partial charge is 0.242 e. The molecule has 1 fully saturated rings. The third-order valence-electron chi connectivity index (χ3n) is 3.86. The van der Waals surface area contributed by atoms with Crippen molar-refractivity contribution in [3.05, 3.63) is 28.7 Å². The second kappa shape index (κ2) is 6.56. The zero-order chi connectivity index (χ0) is 14.8. The van der Waals surface area contributed by atoms with Gasteiger partial charge in [-0.25, -0.2) is 12.7 Å². The molecule has 1 aromatic carbocycles. The Labute approximate surface area is 129 Å². The maximum Gasteiger partial charge on any atom is 0.242 e. The standard InChI is InChI=1S/C14H21BrN2O2S/c1-16-8-6-12(7-9-16)11-17(2)20(18,19)14-5-3-4-13(15)10-14/h3-5,10,12H,6-9,11H2,1-2H3. The van der Waals surface area contributed by atoms with Gasteiger partial charge in [0.05, 0.1) is 4.90 Å². The summed E-state index contributed by atoms with van der Waals surface area (Å²) in [7, 11) is 0.400. The summed E-state index contributed by atoms with van der Waals surface area (Å²) in [6.07, 6.45) is 2.13. The fourth-order valence-corrected chi connectivity index (χ4v) is 4.36. The van der Waals surface area contributed by atoms with Crippen LogP contribution in [0.4, 0.5) is 0 Å². The van der Waals surface area contributed by atoms with Gasteiger partial charge < -0.3 is 4.90 Å². The molecule has 0 atom stereocenters. The number of sulfonamides is 1. The van der Waals surface area contributed by atoms with Gasteiger partial charge >= 0.3 is 0 Å². The molecule has 112 valence electrons. The number of nitrogens with zero attached hydrogens (tertiary/aromatic N) is 2. The lowest BCUT2D eigenvalue weighted by Crippen LogP contribution is -2.37. The Morgan fingerprint density at radius 3 is 2.60 bits per heavy atom. The summed E-state index contributed by atoms with van der Waals surface area (Å²) in [4.78, 5) is 2.64. The number of hydrogen-bond acceptors (Lipinski definition) is 3. The van der Waals surface area contributed by atoms with Gasteiger partial charge in [0.15, 0.2) is 0 Å². The summed E-state index contributed by atoms with van der Waals surface area (Å²) in [5.74, 6) is 0.457. The number of benzene rings is 1. The molecule has 0 N–H and O–H groups in total. The van der Waals surface area contributed by atoms with Crippen LogP contribution in [0.3, 0.4) is 0 Å². The van der Waals surface area contributed by atoms with E-state index in [0.717, 1.165) is 30.4 Å². The number of hydrogen-bond donors (Lipinski definition) is 0. The van der Waals surface area contributed by atoms with Crippen LogP contribution in [0.1, 0.15) is 12.8 Å². The van der Waals surface area contributed by atoms with E-state index in [2.05, 4.69) is 27.9 Å². The zero-order valence-electron chi connectivity index (χ0n) is 11.9. The molecule has 1 heterocycles. The molecule has 6 heteroatoms. The Hall–Kier alpha value is -0.430. The van der Waals surface area contributed by atoms with Gasteiger partial charge in [0.1, 0.15) is 0 Å². The van der Waals surface area contributed by atoms with E-state index in [4.69, 9.17) is 0 Å². The third-order valence-corrected chi connectivity index (χ3v) is 6.17. The second-order valence-electron chi connectivity index (χ2n) is 5.49. The van der Waals surface area contributed by atoms with Gasteiger partial charge in [0.2, 0.25) is 10.0 Å². The van der Waals surface area contributed by atoms with Crippen LogP contribution in [-0.4, -0.2) is 51.4 Å². The van der Waals surface area contributed by atoms with Gasteiger partial charge in [0, 0.05) is 18.1 Å². The van der Waals surface area contributed by atoms with Gasteiger partial charge in [0.25, 0.3) is 0 Å². The fraction of sp³-hybridized carbons (Fsp3) is 0.571. The molecule has 1 aromatic rings. The van der Waals surface area contributed by atoms with Crippen molar-refractivity contribution in [1.29, 1.82) is 0 Å². The van der Waals surface area contributed by atoms with E-state index in [1.807, 2.05) is 6.07 Å². The average Bonchev–Trinajstić information content (AvgIpc) is 2.41. The maximum atomic E-state index is 12.5. The highest BCUT2D eigenvalue weighted by Gasteiger charge is 2.25. The van der Waals surface area contributed by atoms with Crippen LogP contribution in [0.25, 0.3) is 0 Å². The molecule has 0 unspecified atom stereocenters. The highest BCUT2D eigenvalue weighted by Crippen LogP contribution is 2.22. The van der Waals surface area contributed by atoms with Crippen molar-refractivity contribution in [2.24, 2.45) is 5.92 Å². The first-order valence-corrected chi connectivity index (χ1v) is 9.03. The average molecular weight is 361 g/mol. The Kier molecular flexibility index (Phi) is 5.23. The minimum Gasteiger partial charge on any atom is -0.306 e. The van der Waals surface area contributed by atoms with Gasteiger partial charge in [-0.3, -0.25) is 0 Å². The molecule has 0 bridgehead atoms.